The van der Waals surface area contributed by atoms with Crippen molar-refractivity contribution in [3.8, 4) is 11.5 Å². The van der Waals surface area contributed by atoms with Crippen molar-refractivity contribution in [2.24, 2.45) is 0 Å². The molecule has 4 rings (SSSR count). The van der Waals surface area contributed by atoms with Crippen LogP contribution >= 0.6 is 0 Å². The Bertz CT molecular complexity index is 1140. The van der Waals surface area contributed by atoms with Gasteiger partial charge in [0, 0.05) is 23.5 Å². The van der Waals surface area contributed by atoms with Crippen molar-refractivity contribution in [2.75, 3.05) is 5.32 Å². The first-order valence-corrected chi connectivity index (χ1v) is 9.71. The summed E-state index contributed by atoms with van der Waals surface area (Å²) in [7, 11) is 0. The second-order valence-electron chi connectivity index (χ2n) is 8.07. The molecule has 7 heteroatoms. The predicted octanol–water partition coefficient (Wildman–Crippen LogP) is 4.53. The molecule has 2 aromatic carbocycles. The summed E-state index contributed by atoms with van der Waals surface area (Å²) in [5.74, 6) is 0.696. The highest BCUT2D eigenvalue weighted by Crippen LogP contribution is 2.26. The summed E-state index contributed by atoms with van der Waals surface area (Å²) >= 11 is 0. The molecule has 2 heterocycles. The lowest BCUT2D eigenvalue weighted by Crippen LogP contribution is -2.14. The SMILES string of the molecule is CC(C)(C)c1noc(-c2ccccc2C(=O)Nc2ccc(Cn3cccn3)cc2)n1. The maximum atomic E-state index is 12.9. The van der Waals surface area contributed by atoms with Gasteiger partial charge in [-0.25, -0.2) is 0 Å². The second-order valence-corrected chi connectivity index (χ2v) is 8.07. The minimum absolute atomic E-state index is 0.235. The Kier molecular flexibility index (Phi) is 5.18. The molecule has 0 fully saturated rings. The number of anilines is 1. The highest BCUT2D eigenvalue weighted by Gasteiger charge is 2.23. The van der Waals surface area contributed by atoms with Gasteiger partial charge in [0.05, 0.1) is 17.7 Å². The van der Waals surface area contributed by atoms with Crippen LogP contribution in [0.4, 0.5) is 5.69 Å². The topological polar surface area (TPSA) is 85.8 Å². The first-order chi connectivity index (χ1) is 14.4. The van der Waals surface area contributed by atoms with E-state index in [0.717, 1.165) is 5.56 Å². The summed E-state index contributed by atoms with van der Waals surface area (Å²) in [6, 6.07) is 16.8. The van der Waals surface area contributed by atoms with E-state index in [1.165, 1.54) is 0 Å². The van der Waals surface area contributed by atoms with E-state index in [4.69, 9.17) is 4.52 Å². The molecule has 1 N–H and O–H groups in total. The van der Waals surface area contributed by atoms with E-state index in [2.05, 4.69) is 20.6 Å². The van der Waals surface area contributed by atoms with Crippen molar-refractivity contribution in [1.82, 2.24) is 19.9 Å². The molecule has 0 bridgehead atoms. The zero-order valence-corrected chi connectivity index (χ0v) is 17.2. The third kappa shape index (κ3) is 4.30. The van der Waals surface area contributed by atoms with Gasteiger partial charge in [0.1, 0.15) is 0 Å². The van der Waals surface area contributed by atoms with Crippen LogP contribution in [0.5, 0.6) is 0 Å². The Labute approximate surface area is 174 Å². The van der Waals surface area contributed by atoms with E-state index in [1.807, 2.05) is 80.2 Å². The third-order valence-corrected chi connectivity index (χ3v) is 4.61. The van der Waals surface area contributed by atoms with Gasteiger partial charge in [-0.3, -0.25) is 9.48 Å². The molecule has 4 aromatic rings. The zero-order chi connectivity index (χ0) is 21.1. The van der Waals surface area contributed by atoms with E-state index in [9.17, 15) is 4.79 Å². The fourth-order valence-electron chi connectivity index (χ4n) is 2.98. The van der Waals surface area contributed by atoms with Crippen LogP contribution in [-0.2, 0) is 12.0 Å². The molecule has 2 aromatic heterocycles. The lowest BCUT2D eigenvalue weighted by Gasteiger charge is -2.11. The molecular weight excluding hydrogens is 378 g/mol. The van der Waals surface area contributed by atoms with E-state index in [1.54, 1.807) is 12.3 Å². The van der Waals surface area contributed by atoms with Crippen molar-refractivity contribution in [2.45, 2.75) is 32.7 Å². The molecule has 0 aliphatic carbocycles. The van der Waals surface area contributed by atoms with Crippen LogP contribution in [0, 0.1) is 0 Å². The zero-order valence-electron chi connectivity index (χ0n) is 17.2. The van der Waals surface area contributed by atoms with E-state index < -0.39 is 0 Å². The fraction of sp³-hybridized carbons (Fsp3) is 0.217. The van der Waals surface area contributed by atoms with Gasteiger partial charge in [0.25, 0.3) is 11.8 Å². The van der Waals surface area contributed by atoms with Gasteiger partial charge in [0.2, 0.25) is 0 Å². The minimum atomic E-state index is -0.239. The van der Waals surface area contributed by atoms with Gasteiger partial charge >= 0.3 is 0 Å². The lowest BCUT2D eigenvalue weighted by atomic mass is 9.96. The fourth-order valence-corrected chi connectivity index (χ4v) is 2.98. The number of carbonyl (C=O) groups excluding carboxylic acids is 1. The maximum Gasteiger partial charge on any atom is 0.258 e. The molecule has 0 spiro atoms. The van der Waals surface area contributed by atoms with Gasteiger partial charge in [-0.2, -0.15) is 10.1 Å². The van der Waals surface area contributed by atoms with Crippen LogP contribution in [-0.4, -0.2) is 25.8 Å². The first-order valence-electron chi connectivity index (χ1n) is 9.71. The molecule has 0 unspecified atom stereocenters. The molecule has 0 atom stereocenters. The number of amides is 1. The number of aromatic nitrogens is 4. The van der Waals surface area contributed by atoms with Crippen LogP contribution in [0.25, 0.3) is 11.5 Å². The quantitative estimate of drug-likeness (QED) is 0.531. The molecule has 7 nitrogen and oxygen atoms in total. The van der Waals surface area contributed by atoms with Crippen LogP contribution in [0.1, 0.15) is 42.5 Å². The molecule has 30 heavy (non-hydrogen) atoms. The highest BCUT2D eigenvalue weighted by atomic mass is 16.5. The summed E-state index contributed by atoms with van der Waals surface area (Å²) in [4.78, 5) is 17.4. The lowest BCUT2D eigenvalue weighted by molar-refractivity contribution is 0.102. The Morgan fingerprint density at radius 3 is 2.50 bits per heavy atom. The van der Waals surface area contributed by atoms with Crippen LogP contribution in [0.3, 0.4) is 0 Å². The summed E-state index contributed by atoms with van der Waals surface area (Å²) in [5, 5.41) is 11.2. The number of benzene rings is 2. The van der Waals surface area contributed by atoms with Gasteiger partial charge in [-0.15, -0.1) is 0 Å². The first kappa shape index (κ1) is 19.6. The summed E-state index contributed by atoms with van der Waals surface area (Å²) in [6.45, 7) is 6.71. The second kappa shape index (κ2) is 7.94. The van der Waals surface area contributed by atoms with Crippen LogP contribution in [0.15, 0.2) is 71.5 Å². The van der Waals surface area contributed by atoms with Crippen molar-refractivity contribution in [3.05, 3.63) is 83.9 Å². The van der Waals surface area contributed by atoms with Crippen LogP contribution < -0.4 is 5.32 Å². The summed E-state index contributed by atoms with van der Waals surface area (Å²) in [6.07, 6.45) is 3.66. The molecule has 0 aliphatic heterocycles. The number of rotatable bonds is 5. The average Bonchev–Trinajstić information content (AvgIpc) is 3.41. The van der Waals surface area contributed by atoms with Crippen LogP contribution in [0.2, 0.25) is 0 Å². The van der Waals surface area contributed by atoms with Crippen molar-refractivity contribution < 1.29 is 9.32 Å². The molecule has 1 amide bonds. The normalized spacial score (nSPS) is 11.4. The summed E-state index contributed by atoms with van der Waals surface area (Å²) in [5.41, 5.74) is 2.64. The third-order valence-electron chi connectivity index (χ3n) is 4.61. The van der Waals surface area contributed by atoms with Gasteiger partial charge in [0.15, 0.2) is 5.82 Å². The highest BCUT2D eigenvalue weighted by molar-refractivity contribution is 6.08. The number of hydrogen-bond donors (Lipinski definition) is 1. The van der Waals surface area contributed by atoms with Gasteiger partial charge in [-0.05, 0) is 35.9 Å². The van der Waals surface area contributed by atoms with E-state index in [0.29, 0.717) is 35.1 Å². The molecule has 0 radical (unpaired) electrons. The Balaban J connectivity index is 1.52. The molecule has 0 aliphatic rings. The van der Waals surface area contributed by atoms with Crippen molar-refractivity contribution in [3.63, 3.8) is 0 Å². The van der Waals surface area contributed by atoms with Gasteiger partial charge in [-0.1, -0.05) is 50.2 Å². The molecule has 0 saturated carbocycles. The number of nitrogens with one attached hydrogen (secondary N) is 1. The summed E-state index contributed by atoms with van der Waals surface area (Å²) < 4.78 is 7.28. The Hall–Kier alpha value is -3.74. The predicted molar refractivity (Wildman–Crippen MR) is 114 cm³/mol. The minimum Gasteiger partial charge on any atom is -0.334 e. The average molecular weight is 401 g/mol. The maximum absolute atomic E-state index is 12.9. The molecule has 152 valence electrons. The Morgan fingerprint density at radius 2 is 1.83 bits per heavy atom. The van der Waals surface area contributed by atoms with Crippen molar-refractivity contribution in [1.29, 1.82) is 0 Å². The van der Waals surface area contributed by atoms with Crippen molar-refractivity contribution >= 4 is 11.6 Å². The smallest absolute Gasteiger partial charge is 0.258 e. The molecular formula is C23H23N5O2. The number of hydrogen-bond acceptors (Lipinski definition) is 5. The van der Waals surface area contributed by atoms with Gasteiger partial charge < -0.3 is 9.84 Å². The monoisotopic (exact) mass is 401 g/mol. The van der Waals surface area contributed by atoms with E-state index in [-0.39, 0.29) is 11.3 Å². The standard InChI is InChI=1S/C23H23N5O2/c1-23(2,3)22-26-21(30-27-22)19-8-5-4-7-18(19)20(29)25-17-11-9-16(10-12-17)15-28-14-6-13-24-28/h4-14H,15H2,1-3H3,(H,25,29). The Morgan fingerprint density at radius 1 is 1.07 bits per heavy atom. The molecule has 0 saturated heterocycles. The van der Waals surface area contributed by atoms with E-state index >= 15 is 0 Å². The number of carbonyl (C=O) groups is 1. The number of nitrogens with zero attached hydrogens (tertiary/aromatic N) is 4. The largest absolute Gasteiger partial charge is 0.334 e.